The van der Waals surface area contributed by atoms with E-state index in [-0.39, 0.29) is 0 Å². The topological polar surface area (TPSA) is 54.9 Å². The highest BCUT2D eigenvalue weighted by Gasteiger charge is 2.03. The average molecular weight is 348 g/mol. The van der Waals surface area contributed by atoms with Crippen molar-refractivity contribution in [2.75, 3.05) is 27.3 Å². The van der Waals surface area contributed by atoms with E-state index in [1.165, 1.54) is 0 Å². The smallest absolute Gasteiger partial charge is 0.191 e. The van der Waals surface area contributed by atoms with Gasteiger partial charge in [0.15, 0.2) is 5.96 Å². The normalized spacial score (nSPS) is 11.0. The van der Waals surface area contributed by atoms with E-state index < -0.39 is 0 Å². The van der Waals surface area contributed by atoms with Crippen molar-refractivity contribution in [1.29, 1.82) is 0 Å². The molecule has 0 bridgehead atoms. The number of hydrogen-bond donors (Lipinski definition) is 2. The van der Waals surface area contributed by atoms with E-state index in [0.29, 0.717) is 30.7 Å². The maximum atomic E-state index is 5.92. The maximum absolute atomic E-state index is 5.92. The molecule has 2 N–H and O–H groups in total. The van der Waals surface area contributed by atoms with E-state index in [1.807, 2.05) is 42.5 Å². The molecule has 0 aliphatic heterocycles. The van der Waals surface area contributed by atoms with Gasteiger partial charge < -0.3 is 20.1 Å². The van der Waals surface area contributed by atoms with Crippen LogP contribution >= 0.6 is 11.6 Å². The lowest BCUT2D eigenvalue weighted by Gasteiger charge is -2.14. The molecule has 0 radical (unpaired) electrons. The quantitative estimate of drug-likeness (QED) is 0.459. The van der Waals surface area contributed by atoms with Gasteiger partial charge in [0.1, 0.15) is 18.1 Å². The second kappa shape index (κ2) is 9.67. The zero-order valence-electron chi connectivity index (χ0n) is 13.9. The summed E-state index contributed by atoms with van der Waals surface area (Å²) in [6.07, 6.45) is 0. The van der Waals surface area contributed by atoms with Crippen LogP contribution in [0.2, 0.25) is 5.02 Å². The fourth-order valence-electron chi connectivity index (χ4n) is 2.14. The number of para-hydroxylation sites is 1. The van der Waals surface area contributed by atoms with Crippen LogP contribution < -0.4 is 20.1 Å². The number of benzene rings is 2. The number of hydrogen-bond acceptors (Lipinski definition) is 3. The van der Waals surface area contributed by atoms with Gasteiger partial charge in [-0.05, 0) is 24.3 Å². The van der Waals surface area contributed by atoms with Gasteiger partial charge in [-0.3, -0.25) is 4.99 Å². The van der Waals surface area contributed by atoms with Gasteiger partial charge in [-0.1, -0.05) is 35.9 Å². The molecule has 0 aromatic heterocycles. The Morgan fingerprint density at radius 3 is 2.71 bits per heavy atom. The number of halogens is 1. The van der Waals surface area contributed by atoms with E-state index >= 15 is 0 Å². The van der Waals surface area contributed by atoms with Crippen LogP contribution in [0.4, 0.5) is 0 Å². The number of ether oxygens (including phenoxy) is 2. The standard InChI is InChI=1S/C18H22ClN3O2/c1-20-18(22-13-14-6-3-4-9-17(14)23-2)21-10-11-24-16-8-5-7-15(19)12-16/h3-9,12H,10-11,13H2,1-2H3,(H2,20,21,22). The van der Waals surface area contributed by atoms with Crippen molar-refractivity contribution >= 4 is 17.6 Å². The first kappa shape index (κ1) is 17.9. The molecule has 24 heavy (non-hydrogen) atoms. The van der Waals surface area contributed by atoms with Crippen LogP contribution in [0.15, 0.2) is 53.5 Å². The highest BCUT2D eigenvalue weighted by Crippen LogP contribution is 2.17. The minimum Gasteiger partial charge on any atom is -0.496 e. The summed E-state index contributed by atoms with van der Waals surface area (Å²) in [5.41, 5.74) is 1.07. The summed E-state index contributed by atoms with van der Waals surface area (Å²) in [5.74, 6) is 2.31. The number of methoxy groups -OCH3 is 1. The Labute approximate surface area is 147 Å². The second-order valence-electron chi connectivity index (χ2n) is 4.97. The number of rotatable bonds is 7. The van der Waals surface area contributed by atoms with E-state index in [1.54, 1.807) is 20.2 Å². The van der Waals surface area contributed by atoms with Gasteiger partial charge in [-0.2, -0.15) is 0 Å². The van der Waals surface area contributed by atoms with Gasteiger partial charge in [0.25, 0.3) is 0 Å². The van der Waals surface area contributed by atoms with Crippen molar-refractivity contribution < 1.29 is 9.47 Å². The largest absolute Gasteiger partial charge is 0.496 e. The summed E-state index contributed by atoms with van der Waals surface area (Å²) in [5, 5.41) is 7.11. The Bertz CT molecular complexity index is 677. The van der Waals surface area contributed by atoms with Crippen molar-refractivity contribution in [1.82, 2.24) is 10.6 Å². The predicted molar refractivity (Wildman–Crippen MR) is 98.1 cm³/mol. The van der Waals surface area contributed by atoms with Crippen molar-refractivity contribution in [2.45, 2.75) is 6.54 Å². The highest BCUT2D eigenvalue weighted by molar-refractivity contribution is 6.30. The molecular formula is C18H22ClN3O2. The van der Waals surface area contributed by atoms with Crippen molar-refractivity contribution in [3.05, 3.63) is 59.1 Å². The minimum absolute atomic E-state index is 0.510. The summed E-state index contributed by atoms with van der Waals surface area (Å²) < 4.78 is 11.0. The molecular weight excluding hydrogens is 326 g/mol. The molecule has 2 aromatic rings. The molecule has 2 aromatic carbocycles. The molecule has 0 saturated carbocycles. The summed E-state index contributed by atoms with van der Waals surface area (Å²) in [6, 6.07) is 15.2. The van der Waals surface area contributed by atoms with Crippen LogP contribution in [0, 0.1) is 0 Å². The lowest BCUT2D eigenvalue weighted by Crippen LogP contribution is -2.38. The average Bonchev–Trinajstić information content (AvgIpc) is 2.61. The van der Waals surface area contributed by atoms with Crippen LogP contribution in [-0.4, -0.2) is 33.3 Å². The van der Waals surface area contributed by atoms with Gasteiger partial charge >= 0.3 is 0 Å². The van der Waals surface area contributed by atoms with Gasteiger partial charge in [0.2, 0.25) is 0 Å². The zero-order chi connectivity index (χ0) is 17.2. The van der Waals surface area contributed by atoms with Crippen molar-refractivity contribution in [3.8, 4) is 11.5 Å². The third kappa shape index (κ3) is 5.66. The first-order valence-corrected chi connectivity index (χ1v) is 8.05. The number of nitrogens with one attached hydrogen (secondary N) is 2. The number of aliphatic imine (C=N–C) groups is 1. The van der Waals surface area contributed by atoms with Crippen molar-refractivity contribution in [2.24, 2.45) is 4.99 Å². The first-order chi connectivity index (χ1) is 11.7. The van der Waals surface area contributed by atoms with Gasteiger partial charge in [-0.25, -0.2) is 0 Å². The molecule has 0 heterocycles. The zero-order valence-corrected chi connectivity index (χ0v) is 14.6. The lowest BCUT2D eigenvalue weighted by molar-refractivity contribution is 0.322. The lowest BCUT2D eigenvalue weighted by atomic mass is 10.2. The first-order valence-electron chi connectivity index (χ1n) is 7.67. The molecule has 2 rings (SSSR count). The molecule has 0 amide bonds. The molecule has 0 atom stereocenters. The third-order valence-electron chi connectivity index (χ3n) is 3.32. The molecule has 0 aliphatic carbocycles. The molecule has 5 nitrogen and oxygen atoms in total. The fourth-order valence-corrected chi connectivity index (χ4v) is 2.32. The molecule has 6 heteroatoms. The monoisotopic (exact) mass is 347 g/mol. The summed E-state index contributed by atoms with van der Waals surface area (Å²) in [6.45, 7) is 1.76. The Hall–Kier alpha value is -2.40. The van der Waals surface area contributed by atoms with Crippen LogP contribution in [0.5, 0.6) is 11.5 Å². The summed E-state index contributed by atoms with van der Waals surface area (Å²) >= 11 is 5.92. The van der Waals surface area contributed by atoms with E-state index in [9.17, 15) is 0 Å². The van der Waals surface area contributed by atoms with Gasteiger partial charge in [-0.15, -0.1) is 0 Å². The van der Waals surface area contributed by atoms with Gasteiger partial charge in [0.05, 0.1) is 13.7 Å². The molecule has 0 aliphatic rings. The Morgan fingerprint density at radius 2 is 1.96 bits per heavy atom. The van der Waals surface area contributed by atoms with Crippen LogP contribution in [-0.2, 0) is 6.54 Å². The van der Waals surface area contributed by atoms with Crippen molar-refractivity contribution in [3.63, 3.8) is 0 Å². The Kier molecular flexibility index (Phi) is 7.23. The molecule has 128 valence electrons. The summed E-state index contributed by atoms with van der Waals surface area (Å²) in [7, 11) is 3.40. The molecule has 0 spiro atoms. The number of guanidine groups is 1. The van der Waals surface area contributed by atoms with E-state index in [2.05, 4.69) is 15.6 Å². The second-order valence-corrected chi connectivity index (χ2v) is 5.41. The Morgan fingerprint density at radius 1 is 1.12 bits per heavy atom. The highest BCUT2D eigenvalue weighted by atomic mass is 35.5. The molecule has 0 unspecified atom stereocenters. The predicted octanol–water partition coefficient (Wildman–Crippen LogP) is 3.09. The summed E-state index contributed by atoms with van der Waals surface area (Å²) in [4.78, 5) is 4.19. The van der Waals surface area contributed by atoms with Crippen LogP contribution in [0.3, 0.4) is 0 Å². The van der Waals surface area contributed by atoms with Crippen LogP contribution in [0.25, 0.3) is 0 Å². The fraction of sp³-hybridized carbons (Fsp3) is 0.278. The molecule has 0 fully saturated rings. The SMILES string of the molecule is CN=C(NCCOc1cccc(Cl)c1)NCc1ccccc1OC. The van der Waals surface area contributed by atoms with Gasteiger partial charge in [0, 0.05) is 24.2 Å². The minimum atomic E-state index is 0.510. The maximum Gasteiger partial charge on any atom is 0.191 e. The number of nitrogens with zero attached hydrogens (tertiary/aromatic N) is 1. The molecule has 0 saturated heterocycles. The van der Waals surface area contributed by atoms with E-state index in [0.717, 1.165) is 17.1 Å². The van der Waals surface area contributed by atoms with Crippen LogP contribution in [0.1, 0.15) is 5.56 Å². The Balaban J connectivity index is 1.74. The third-order valence-corrected chi connectivity index (χ3v) is 3.56. The van der Waals surface area contributed by atoms with E-state index in [4.69, 9.17) is 21.1 Å².